The Balaban J connectivity index is 0.00000364. The molecular weight excluding hydrogens is 453 g/mol. The molecule has 0 saturated carbocycles. The van der Waals surface area contributed by atoms with E-state index in [1.165, 1.54) is 19.4 Å². The van der Waals surface area contributed by atoms with Crippen molar-refractivity contribution < 1.29 is 4.79 Å². The van der Waals surface area contributed by atoms with Gasteiger partial charge in [0.25, 0.3) is 0 Å². The summed E-state index contributed by atoms with van der Waals surface area (Å²) in [5.41, 5.74) is 0. The van der Waals surface area contributed by atoms with Crippen molar-refractivity contribution in [2.24, 2.45) is 4.99 Å². The van der Waals surface area contributed by atoms with Gasteiger partial charge in [-0.3, -0.25) is 9.79 Å². The molecule has 7 heteroatoms. The number of guanidine groups is 1. The zero-order valence-electron chi connectivity index (χ0n) is 17.5. The molecule has 0 bridgehead atoms. The van der Waals surface area contributed by atoms with Gasteiger partial charge in [0.05, 0.1) is 6.54 Å². The molecule has 1 atom stereocenters. The van der Waals surface area contributed by atoms with Gasteiger partial charge in [0.1, 0.15) is 0 Å². The number of carbonyl (C=O) groups excluding carboxylic acids is 1. The van der Waals surface area contributed by atoms with Gasteiger partial charge < -0.3 is 20.4 Å². The van der Waals surface area contributed by atoms with E-state index < -0.39 is 0 Å². The molecule has 2 aliphatic rings. The molecule has 0 radical (unpaired) electrons. The lowest BCUT2D eigenvalue weighted by molar-refractivity contribution is -0.134. The maximum atomic E-state index is 12.4. The van der Waals surface area contributed by atoms with Crippen LogP contribution in [0.15, 0.2) is 4.99 Å². The Labute approximate surface area is 182 Å². The SMILES string of the molecule is CCCN1CCC(NC(=NCCC(=O)N2CCCCC2C)NCC)CC1.I. The minimum absolute atomic E-state index is 0. The molecule has 2 saturated heterocycles. The highest BCUT2D eigenvalue weighted by atomic mass is 127. The number of rotatable bonds is 7. The predicted molar refractivity (Wildman–Crippen MR) is 124 cm³/mol. The fourth-order valence-electron chi connectivity index (χ4n) is 4.01. The van der Waals surface area contributed by atoms with E-state index in [1.54, 1.807) is 0 Å². The molecule has 0 aromatic carbocycles. The second-order valence-corrected chi connectivity index (χ2v) is 7.70. The maximum Gasteiger partial charge on any atom is 0.224 e. The largest absolute Gasteiger partial charge is 0.357 e. The van der Waals surface area contributed by atoms with Gasteiger partial charge in [-0.1, -0.05) is 6.92 Å². The van der Waals surface area contributed by atoms with Crippen molar-refractivity contribution in [3.05, 3.63) is 0 Å². The maximum absolute atomic E-state index is 12.4. The summed E-state index contributed by atoms with van der Waals surface area (Å²) in [7, 11) is 0. The standard InChI is InChI=1S/C20H39N5O.HI/c1-4-13-24-15-10-18(11-16-24)23-20(21-5-2)22-12-9-19(26)25-14-7-6-8-17(25)3;/h17-18H,4-16H2,1-3H3,(H2,21,22,23);1H. The van der Waals surface area contributed by atoms with Crippen LogP contribution in [-0.4, -0.2) is 73.0 Å². The van der Waals surface area contributed by atoms with Crippen LogP contribution in [0, 0.1) is 0 Å². The summed E-state index contributed by atoms with van der Waals surface area (Å²) >= 11 is 0. The number of carbonyl (C=O) groups is 1. The fraction of sp³-hybridized carbons (Fsp3) is 0.900. The summed E-state index contributed by atoms with van der Waals surface area (Å²) < 4.78 is 0. The summed E-state index contributed by atoms with van der Waals surface area (Å²) in [6, 6.07) is 0.874. The van der Waals surface area contributed by atoms with Crippen LogP contribution >= 0.6 is 24.0 Å². The normalized spacial score (nSPS) is 22.3. The Morgan fingerprint density at radius 3 is 2.48 bits per heavy atom. The van der Waals surface area contributed by atoms with Gasteiger partial charge in [-0.05, 0) is 58.9 Å². The molecule has 27 heavy (non-hydrogen) atoms. The lowest BCUT2D eigenvalue weighted by Crippen LogP contribution is -2.49. The molecule has 0 aliphatic carbocycles. The van der Waals surface area contributed by atoms with Crippen molar-refractivity contribution >= 4 is 35.8 Å². The predicted octanol–water partition coefficient (Wildman–Crippen LogP) is 2.83. The Hall–Kier alpha value is -0.570. The number of nitrogens with one attached hydrogen (secondary N) is 2. The minimum atomic E-state index is 0. The van der Waals surface area contributed by atoms with Crippen LogP contribution in [0.3, 0.4) is 0 Å². The van der Waals surface area contributed by atoms with Crippen molar-refractivity contribution in [1.29, 1.82) is 0 Å². The van der Waals surface area contributed by atoms with Gasteiger partial charge in [0.15, 0.2) is 5.96 Å². The van der Waals surface area contributed by atoms with Crippen LogP contribution in [0.25, 0.3) is 0 Å². The molecule has 1 unspecified atom stereocenters. The zero-order chi connectivity index (χ0) is 18.8. The first-order chi connectivity index (χ1) is 12.6. The summed E-state index contributed by atoms with van der Waals surface area (Å²) in [5, 5.41) is 6.90. The fourth-order valence-corrected chi connectivity index (χ4v) is 4.01. The summed E-state index contributed by atoms with van der Waals surface area (Å²) in [6.07, 6.45) is 7.58. The number of hydrogen-bond donors (Lipinski definition) is 2. The molecule has 2 rings (SSSR count). The van der Waals surface area contributed by atoms with Gasteiger partial charge >= 0.3 is 0 Å². The van der Waals surface area contributed by atoms with Crippen LogP contribution in [0.2, 0.25) is 0 Å². The molecule has 2 aliphatic heterocycles. The topological polar surface area (TPSA) is 60.0 Å². The zero-order valence-corrected chi connectivity index (χ0v) is 19.8. The van der Waals surface area contributed by atoms with E-state index in [2.05, 4.69) is 41.3 Å². The number of piperidine rings is 2. The van der Waals surface area contributed by atoms with E-state index in [9.17, 15) is 4.79 Å². The number of nitrogens with zero attached hydrogens (tertiary/aromatic N) is 3. The highest BCUT2D eigenvalue weighted by Crippen LogP contribution is 2.17. The number of aliphatic imine (C=N–C) groups is 1. The van der Waals surface area contributed by atoms with E-state index in [0.717, 1.165) is 57.8 Å². The van der Waals surface area contributed by atoms with Crippen molar-refractivity contribution in [3.8, 4) is 0 Å². The Morgan fingerprint density at radius 2 is 1.85 bits per heavy atom. The van der Waals surface area contributed by atoms with Crippen LogP contribution in [-0.2, 0) is 4.79 Å². The smallest absolute Gasteiger partial charge is 0.224 e. The van der Waals surface area contributed by atoms with E-state index in [1.807, 2.05) is 4.90 Å². The molecule has 2 heterocycles. The van der Waals surface area contributed by atoms with Crippen molar-refractivity contribution in [1.82, 2.24) is 20.4 Å². The number of likely N-dealkylation sites (tertiary alicyclic amines) is 2. The highest BCUT2D eigenvalue weighted by molar-refractivity contribution is 14.0. The minimum Gasteiger partial charge on any atom is -0.357 e. The third kappa shape index (κ3) is 8.54. The van der Waals surface area contributed by atoms with E-state index in [-0.39, 0.29) is 29.9 Å². The highest BCUT2D eigenvalue weighted by Gasteiger charge is 2.23. The second kappa shape index (κ2) is 13.6. The monoisotopic (exact) mass is 493 g/mol. The van der Waals surface area contributed by atoms with Gasteiger partial charge in [-0.25, -0.2) is 0 Å². The summed E-state index contributed by atoms with van der Waals surface area (Å²) in [6.45, 7) is 12.3. The first-order valence-electron chi connectivity index (χ1n) is 10.7. The third-order valence-electron chi connectivity index (χ3n) is 5.53. The average molecular weight is 493 g/mol. The first kappa shape index (κ1) is 24.5. The van der Waals surface area contributed by atoms with Gasteiger partial charge in [-0.2, -0.15) is 0 Å². The molecule has 1 amide bonds. The number of halogens is 1. The lowest BCUT2D eigenvalue weighted by Gasteiger charge is -2.33. The molecule has 2 N–H and O–H groups in total. The average Bonchev–Trinajstić information content (AvgIpc) is 2.64. The lowest BCUT2D eigenvalue weighted by atomic mass is 10.0. The third-order valence-corrected chi connectivity index (χ3v) is 5.53. The van der Waals surface area contributed by atoms with Crippen molar-refractivity contribution in [3.63, 3.8) is 0 Å². The second-order valence-electron chi connectivity index (χ2n) is 7.70. The van der Waals surface area contributed by atoms with Crippen molar-refractivity contribution in [2.45, 2.75) is 77.8 Å². The van der Waals surface area contributed by atoms with E-state index >= 15 is 0 Å². The molecule has 0 aromatic heterocycles. The van der Waals surface area contributed by atoms with Crippen LogP contribution < -0.4 is 10.6 Å². The van der Waals surface area contributed by atoms with E-state index in [4.69, 9.17) is 0 Å². The van der Waals surface area contributed by atoms with Gasteiger partial charge in [-0.15, -0.1) is 24.0 Å². The van der Waals surface area contributed by atoms with E-state index in [0.29, 0.717) is 25.0 Å². The quantitative estimate of drug-likeness (QED) is 0.326. The van der Waals surface area contributed by atoms with Crippen LogP contribution in [0.4, 0.5) is 0 Å². The Morgan fingerprint density at radius 1 is 1.11 bits per heavy atom. The Kier molecular flexibility index (Phi) is 12.3. The van der Waals surface area contributed by atoms with Crippen LogP contribution in [0.5, 0.6) is 0 Å². The molecular formula is C20H40IN5O. The summed E-state index contributed by atoms with van der Waals surface area (Å²) in [4.78, 5) is 21.7. The molecule has 0 aromatic rings. The van der Waals surface area contributed by atoms with Gasteiger partial charge in [0, 0.05) is 44.7 Å². The molecule has 158 valence electrons. The molecule has 6 nitrogen and oxygen atoms in total. The number of hydrogen-bond acceptors (Lipinski definition) is 3. The Bertz CT molecular complexity index is 452. The molecule has 0 spiro atoms. The van der Waals surface area contributed by atoms with Crippen molar-refractivity contribution in [2.75, 3.05) is 39.3 Å². The number of amides is 1. The molecule has 2 fully saturated rings. The first-order valence-corrected chi connectivity index (χ1v) is 10.7. The van der Waals surface area contributed by atoms with Crippen LogP contribution in [0.1, 0.15) is 65.7 Å². The van der Waals surface area contributed by atoms with Gasteiger partial charge in [0.2, 0.25) is 5.91 Å². The summed E-state index contributed by atoms with van der Waals surface area (Å²) in [5.74, 6) is 1.12.